The van der Waals surface area contributed by atoms with Crippen LogP contribution in [0.5, 0.6) is 0 Å². The minimum Gasteiger partial charge on any atom is -0.369 e. The molecule has 0 saturated carbocycles. The molecule has 0 heterocycles. The molecule has 0 aliphatic carbocycles. The molecular weight excluding hydrogens is 335 g/mol. The molecule has 0 aliphatic heterocycles. The van der Waals surface area contributed by atoms with Gasteiger partial charge in [-0.05, 0) is 37.0 Å². The molecule has 4 nitrogen and oxygen atoms in total. The molecule has 0 aliphatic rings. The number of unbranched alkanes of at least 4 members (excludes halogenated alkanes) is 3. The molecule has 1 rings (SSSR count). The van der Waals surface area contributed by atoms with Crippen LogP contribution in [0.15, 0.2) is 24.3 Å². The Labute approximate surface area is 148 Å². The van der Waals surface area contributed by atoms with Gasteiger partial charge in [0.25, 0.3) is 0 Å². The van der Waals surface area contributed by atoms with Gasteiger partial charge in [0, 0.05) is 37.0 Å². The van der Waals surface area contributed by atoms with E-state index in [1.807, 2.05) is 0 Å². The lowest BCUT2D eigenvalue weighted by Gasteiger charge is -2.23. The molecule has 2 N–H and O–H groups in total. The third-order valence-corrected chi connectivity index (χ3v) is 4.09. The van der Waals surface area contributed by atoms with Crippen molar-refractivity contribution in [3.8, 4) is 0 Å². The van der Waals surface area contributed by atoms with E-state index in [9.17, 15) is 4.79 Å². The molecule has 0 spiro atoms. The van der Waals surface area contributed by atoms with Crippen molar-refractivity contribution in [1.82, 2.24) is 5.48 Å². The quantitative estimate of drug-likeness (QED) is 0.256. The smallest absolute Gasteiger partial charge is 0.243 e. The zero-order valence-electron chi connectivity index (χ0n) is 13.4. The Kier molecular flexibility index (Phi) is 10.9. The van der Waals surface area contributed by atoms with Crippen molar-refractivity contribution in [2.45, 2.75) is 38.5 Å². The summed E-state index contributed by atoms with van der Waals surface area (Å²) in [7, 11) is 0. The van der Waals surface area contributed by atoms with E-state index >= 15 is 0 Å². The fraction of sp³-hybridized carbons (Fsp3) is 0.588. The number of hydrogen-bond donors (Lipinski definition) is 2. The van der Waals surface area contributed by atoms with Crippen molar-refractivity contribution in [2.24, 2.45) is 0 Å². The number of rotatable bonds is 12. The van der Waals surface area contributed by atoms with Gasteiger partial charge in [-0.2, -0.15) is 0 Å². The normalized spacial score (nSPS) is 10.6. The van der Waals surface area contributed by atoms with E-state index in [0.717, 1.165) is 50.9 Å². The van der Waals surface area contributed by atoms with Gasteiger partial charge in [0.1, 0.15) is 0 Å². The molecule has 23 heavy (non-hydrogen) atoms. The van der Waals surface area contributed by atoms with Gasteiger partial charge >= 0.3 is 0 Å². The molecule has 0 aromatic heterocycles. The van der Waals surface area contributed by atoms with Crippen LogP contribution >= 0.6 is 23.2 Å². The highest BCUT2D eigenvalue weighted by molar-refractivity contribution is 6.18. The second kappa shape index (κ2) is 12.5. The zero-order chi connectivity index (χ0) is 16.9. The van der Waals surface area contributed by atoms with Gasteiger partial charge in [-0.25, -0.2) is 5.48 Å². The summed E-state index contributed by atoms with van der Waals surface area (Å²) < 4.78 is 0. The Balaban J connectivity index is 2.29. The average molecular weight is 361 g/mol. The summed E-state index contributed by atoms with van der Waals surface area (Å²) in [5.41, 5.74) is 4.13. The molecule has 0 bridgehead atoms. The first-order valence-corrected chi connectivity index (χ1v) is 9.17. The summed E-state index contributed by atoms with van der Waals surface area (Å²) in [6.45, 7) is 1.60. The van der Waals surface area contributed by atoms with E-state index < -0.39 is 0 Å². The van der Waals surface area contributed by atoms with Gasteiger partial charge in [0.05, 0.1) is 0 Å². The first-order chi connectivity index (χ1) is 11.2. The monoisotopic (exact) mass is 360 g/mol. The van der Waals surface area contributed by atoms with Crippen LogP contribution in [0.3, 0.4) is 0 Å². The van der Waals surface area contributed by atoms with E-state index in [1.165, 1.54) is 5.56 Å². The lowest BCUT2D eigenvalue weighted by molar-refractivity contribution is -0.129. The van der Waals surface area contributed by atoms with Gasteiger partial charge in [0.2, 0.25) is 5.91 Å². The maximum Gasteiger partial charge on any atom is 0.243 e. The number of alkyl halides is 2. The Hall–Kier alpha value is -0.970. The number of nitrogens with one attached hydrogen (secondary N) is 1. The zero-order valence-corrected chi connectivity index (χ0v) is 15.0. The molecule has 0 unspecified atom stereocenters. The lowest BCUT2D eigenvalue weighted by Crippen LogP contribution is -2.27. The Morgan fingerprint density at radius 1 is 1.00 bits per heavy atom. The fourth-order valence-corrected chi connectivity index (χ4v) is 2.88. The third kappa shape index (κ3) is 8.45. The number of benzene rings is 1. The molecule has 1 aromatic rings. The molecule has 0 fully saturated rings. The van der Waals surface area contributed by atoms with Crippen LogP contribution in [0.4, 0.5) is 5.69 Å². The number of anilines is 1. The predicted octanol–water partition coefficient (Wildman–Crippen LogP) is 3.97. The van der Waals surface area contributed by atoms with Crippen molar-refractivity contribution in [3.05, 3.63) is 29.8 Å². The molecule has 6 heteroatoms. The Bertz CT molecular complexity index is 435. The van der Waals surface area contributed by atoms with Gasteiger partial charge in [-0.15, -0.1) is 23.2 Å². The number of halogens is 2. The summed E-state index contributed by atoms with van der Waals surface area (Å²) in [5.74, 6) is 0.874. The van der Waals surface area contributed by atoms with Crippen LogP contribution in [0.1, 0.15) is 37.7 Å². The largest absolute Gasteiger partial charge is 0.369 e. The molecule has 0 radical (unpaired) electrons. The standard InChI is InChI=1S/C17H26Cl2N2O2/c18-11-13-21(14-12-19)16-9-7-15(8-10-16)5-3-1-2-4-6-17(22)20-23/h7-10,23H,1-6,11-14H2,(H,20,22). The first kappa shape index (κ1) is 20.1. The summed E-state index contributed by atoms with van der Waals surface area (Å²) in [6.07, 6.45) is 5.44. The van der Waals surface area contributed by atoms with Crippen LogP contribution in [0.25, 0.3) is 0 Å². The molecule has 0 saturated heterocycles. The van der Waals surface area contributed by atoms with E-state index in [4.69, 9.17) is 28.4 Å². The predicted molar refractivity (Wildman–Crippen MR) is 96.8 cm³/mol. The maximum absolute atomic E-state index is 10.9. The van der Waals surface area contributed by atoms with Crippen molar-refractivity contribution < 1.29 is 10.0 Å². The molecule has 130 valence electrons. The SMILES string of the molecule is O=C(CCCCCCc1ccc(N(CCCl)CCCl)cc1)NO. The van der Waals surface area contributed by atoms with E-state index in [2.05, 4.69) is 29.2 Å². The highest BCUT2D eigenvalue weighted by Gasteiger charge is 2.05. The third-order valence-electron chi connectivity index (χ3n) is 3.75. The lowest BCUT2D eigenvalue weighted by atomic mass is 10.0. The highest BCUT2D eigenvalue weighted by Crippen LogP contribution is 2.17. The summed E-state index contributed by atoms with van der Waals surface area (Å²) >= 11 is 11.7. The minimum absolute atomic E-state index is 0.306. The van der Waals surface area contributed by atoms with Crippen LogP contribution < -0.4 is 10.4 Å². The average Bonchev–Trinajstić information content (AvgIpc) is 2.58. The van der Waals surface area contributed by atoms with Gasteiger partial charge in [-0.1, -0.05) is 25.0 Å². The fourth-order valence-electron chi connectivity index (χ4n) is 2.47. The number of nitrogens with zero attached hydrogens (tertiary/aromatic N) is 1. The second-order valence-electron chi connectivity index (χ2n) is 5.48. The van der Waals surface area contributed by atoms with Gasteiger partial charge < -0.3 is 4.90 Å². The Morgan fingerprint density at radius 2 is 1.61 bits per heavy atom. The summed E-state index contributed by atoms with van der Waals surface area (Å²) in [6, 6.07) is 8.56. The number of amides is 1. The van der Waals surface area contributed by atoms with E-state index in [-0.39, 0.29) is 5.91 Å². The number of aryl methyl sites for hydroxylation is 1. The van der Waals surface area contributed by atoms with Crippen molar-refractivity contribution >= 4 is 34.8 Å². The number of carbonyl (C=O) groups excluding carboxylic acids is 1. The summed E-state index contributed by atoms with van der Waals surface area (Å²) in [4.78, 5) is 13.1. The number of hydroxylamine groups is 1. The van der Waals surface area contributed by atoms with Crippen molar-refractivity contribution in [3.63, 3.8) is 0 Å². The number of hydrogen-bond acceptors (Lipinski definition) is 3. The Morgan fingerprint density at radius 3 is 2.17 bits per heavy atom. The van der Waals surface area contributed by atoms with E-state index in [1.54, 1.807) is 5.48 Å². The van der Waals surface area contributed by atoms with Gasteiger partial charge in [-0.3, -0.25) is 10.0 Å². The van der Waals surface area contributed by atoms with Crippen LogP contribution in [-0.2, 0) is 11.2 Å². The van der Waals surface area contributed by atoms with Crippen molar-refractivity contribution in [1.29, 1.82) is 0 Å². The second-order valence-corrected chi connectivity index (χ2v) is 6.24. The minimum atomic E-state index is -0.306. The number of carbonyl (C=O) groups is 1. The molecule has 1 aromatic carbocycles. The van der Waals surface area contributed by atoms with Crippen LogP contribution in [0, 0.1) is 0 Å². The summed E-state index contributed by atoms with van der Waals surface area (Å²) in [5, 5.41) is 8.40. The maximum atomic E-state index is 10.9. The van der Waals surface area contributed by atoms with E-state index in [0.29, 0.717) is 18.2 Å². The highest BCUT2D eigenvalue weighted by atomic mass is 35.5. The van der Waals surface area contributed by atoms with Crippen LogP contribution in [0.2, 0.25) is 0 Å². The van der Waals surface area contributed by atoms with Crippen LogP contribution in [-0.4, -0.2) is 36.0 Å². The van der Waals surface area contributed by atoms with Crippen molar-refractivity contribution in [2.75, 3.05) is 29.7 Å². The molecule has 1 amide bonds. The van der Waals surface area contributed by atoms with Gasteiger partial charge in [0.15, 0.2) is 0 Å². The first-order valence-electron chi connectivity index (χ1n) is 8.10. The molecular formula is C17H26Cl2N2O2. The topological polar surface area (TPSA) is 52.6 Å². The molecule has 0 atom stereocenters.